The van der Waals surface area contributed by atoms with Crippen LogP contribution in [0.15, 0.2) is 24.3 Å². The van der Waals surface area contributed by atoms with Gasteiger partial charge in [-0.3, -0.25) is 4.79 Å². The van der Waals surface area contributed by atoms with Crippen LogP contribution in [0.3, 0.4) is 0 Å². The smallest absolute Gasteiger partial charge is 0.319 e. The van der Waals surface area contributed by atoms with Gasteiger partial charge in [-0.2, -0.15) is 0 Å². The van der Waals surface area contributed by atoms with E-state index in [-0.39, 0.29) is 18.0 Å². The number of hydrogen-bond donors (Lipinski definition) is 4. The fourth-order valence-corrected chi connectivity index (χ4v) is 2.82. The molecule has 138 valence electrons. The van der Waals surface area contributed by atoms with Crippen LogP contribution in [0.4, 0.5) is 16.2 Å². The van der Waals surface area contributed by atoms with Gasteiger partial charge in [-0.1, -0.05) is 13.3 Å². The lowest BCUT2D eigenvalue weighted by Gasteiger charge is -2.29. The van der Waals surface area contributed by atoms with Gasteiger partial charge >= 0.3 is 6.03 Å². The Labute approximate surface area is 149 Å². The number of hydrogen-bond acceptors (Lipinski definition) is 4. The Hall–Kier alpha value is -2.12. The summed E-state index contributed by atoms with van der Waals surface area (Å²) in [6, 6.07) is 6.54. The van der Waals surface area contributed by atoms with E-state index in [1.54, 1.807) is 24.3 Å². The first-order valence-electron chi connectivity index (χ1n) is 8.90. The average molecular weight is 347 g/mol. The minimum atomic E-state index is -0.497. The monoisotopic (exact) mass is 347 g/mol. The van der Waals surface area contributed by atoms with Crippen molar-refractivity contribution >= 4 is 23.3 Å². The highest BCUT2D eigenvalue weighted by Crippen LogP contribution is 2.14. The quantitative estimate of drug-likeness (QED) is 0.632. The zero-order valence-corrected chi connectivity index (χ0v) is 15.0. The summed E-state index contributed by atoms with van der Waals surface area (Å²) in [4.78, 5) is 26.2. The number of carbonyl (C=O) groups excluding carboxylic acids is 2. The van der Waals surface area contributed by atoms with Crippen molar-refractivity contribution in [2.24, 2.45) is 5.73 Å². The highest BCUT2D eigenvalue weighted by atomic mass is 16.2. The molecule has 1 aromatic rings. The first-order valence-corrected chi connectivity index (χ1v) is 8.90. The van der Waals surface area contributed by atoms with Gasteiger partial charge < -0.3 is 26.6 Å². The number of piperidine rings is 1. The van der Waals surface area contributed by atoms with E-state index in [0.29, 0.717) is 17.8 Å². The molecule has 7 heteroatoms. The normalized spacial score (nSPS) is 16.9. The fraction of sp³-hybridized carbons (Fsp3) is 0.556. The molecule has 0 saturated carbocycles. The number of rotatable bonds is 6. The Bertz CT molecular complexity index is 567. The molecule has 7 nitrogen and oxygen atoms in total. The zero-order chi connectivity index (χ0) is 18.2. The van der Waals surface area contributed by atoms with E-state index in [1.807, 2.05) is 6.92 Å². The Balaban J connectivity index is 1.79. The van der Waals surface area contributed by atoms with Gasteiger partial charge in [-0.05, 0) is 63.7 Å². The second kappa shape index (κ2) is 9.39. The van der Waals surface area contributed by atoms with Gasteiger partial charge in [0.15, 0.2) is 0 Å². The molecule has 1 aliphatic rings. The van der Waals surface area contributed by atoms with Gasteiger partial charge in [-0.25, -0.2) is 4.79 Å². The van der Waals surface area contributed by atoms with Crippen molar-refractivity contribution in [2.45, 2.75) is 44.7 Å². The van der Waals surface area contributed by atoms with Gasteiger partial charge in [0, 0.05) is 17.4 Å². The summed E-state index contributed by atoms with van der Waals surface area (Å²) >= 11 is 0. The van der Waals surface area contributed by atoms with Crippen LogP contribution >= 0.6 is 0 Å². The number of benzene rings is 1. The molecule has 0 aliphatic carbocycles. The first kappa shape index (κ1) is 19.2. The number of nitrogens with zero attached hydrogens (tertiary/aromatic N) is 1. The summed E-state index contributed by atoms with van der Waals surface area (Å²) < 4.78 is 0. The molecule has 5 N–H and O–H groups in total. The molecule has 25 heavy (non-hydrogen) atoms. The Morgan fingerprint density at radius 2 is 1.72 bits per heavy atom. The van der Waals surface area contributed by atoms with Gasteiger partial charge in [-0.15, -0.1) is 0 Å². The number of nitrogens with two attached hydrogens (primary N) is 1. The van der Waals surface area contributed by atoms with Crippen LogP contribution in [0.2, 0.25) is 0 Å². The Morgan fingerprint density at radius 1 is 1.16 bits per heavy atom. The van der Waals surface area contributed by atoms with E-state index in [1.165, 1.54) is 0 Å². The van der Waals surface area contributed by atoms with E-state index in [9.17, 15) is 9.59 Å². The molecule has 1 fully saturated rings. The highest BCUT2D eigenvalue weighted by Gasteiger charge is 2.18. The van der Waals surface area contributed by atoms with Crippen molar-refractivity contribution in [1.82, 2.24) is 10.2 Å². The maximum Gasteiger partial charge on any atom is 0.319 e. The van der Waals surface area contributed by atoms with Gasteiger partial charge in [0.05, 0.1) is 6.04 Å². The van der Waals surface area contributed by atoms with Gasteiger partial charge in [0.2, 0.25) is 5.91 Å². The number of amides is 3. The number of likely N-dealkylation sites (tertiary alicyclic amines) is 1. The molecular weight excluding hydrogens is 318 g/mol. The molecule has 3 amide bonds. The van der Waals surface area contributed by atoms with Crippen molar-refractivity contribution < 1.29 is 9.59 Å². The van der Waals surface area contributed by atoms with Crippen molar-refractivity contribution in [1.29, 1.82) is 0 Å². The van der Waals surface area contributed by atoms with Gasteiger partial charge in [0.1, 0.15) is 0 Å². The van der Waals surface area contributed by atoms with E-state index in [2.05, 4.69) is 27.9 Å². The van der Waals surface area contributed by atoms with E-state index < -0.39 is 6.04 Å². The van der Waals surface area contributed by atoms with Crippen LogP contribution in [0.25, 0.3) is 0 Å². The Morgan fingerprint density at radius 3 is 2.28 bits per heavy atom. The number of carbonyl (C=O) groups is 2. The molecule has 0 bridgehead atoms. The zero-order valence-electron chi connectivity index (χ0n) is 15.0. The van der Waals surface area contributed by atoms with Crippen molar-refractivity contribution in [2.75, 3.05) is 30.8 Å². The van der Waals surface area contributed by atoms with Crippen LogP contribution < -0.4 is 21.7 Å². The molecule has 1 aromatic carbocycles. The van der Waals surface area contributed by atoms with Crippen molar-refractivity contribution in [3.8, 4) is 0 Å². The molecule has 1 heterocycles. The standard InChI is InChI=1S/C18H29N5O2/c1-3-4-16(19)17(24)20-13-5-7-14(8-6-13)21-18(25)22-15-9-11-23(2)12-10-15/h5-8,15-16H,3-4,9-12,19H2,1-2H3,(H,20,24)(H2,21,22,25). The molecule has 2 rings (SSSR count). The topological polar surface area (TPSA) is 99.5 Å². The van der Waals surface area contributed by atoms with Crippen LogP contribution in [0, 0.1) is 0 Å². The van der Waals surface area contributed by atoms with E-state index in [4.69, 9.17) is 5.73 Å². The predicted octanol–water partition coefficient (Wildman–Crippen LogP) is 1.97. The van der Waals surface area contributed by atoms with E-state index >= 15 is 0 Å². The summed E-state index contributed by atoms with van der Waals surface area (Å²) in [5.74, 6) is -0.192. The molecule has 0 spiro atoms. The highest BCUT2D eigenvalue weighted by molar-refractivity contribution is 5.95. The lowest BCUT2D eigenvalue weighted by atomic mass is 10.1. The summed E-state index contributed by atoms with van der Waals surface area (Å²) in [6.45, 7) is 3.99. The summed E-state index contributed by atoms with van der Waals surface area (Å²) in [6.07, 6.45) is 3.45. The Kier molecular flexibility index (Phi) is 7.21. The minimum absolute atomic E-state index is 0.192. The van der Waals surface area contributed by atoms with Crippen LogP contribution in [0.1, 0.15) is 32.6 Å². The molecule has 1 aliphatic heterocycles. The average Bonchev–Trinajstić information content (AvgIpc) is 2.59. The van der Waals surface area contributed by atoms with Crippen LogP contribution in [0.5, 0.6) is 0 Å². The molecular formula is C18H29N5O2. The molecule has 0 aromatic heterocycles. The van der Waals surface area contributed by atoms with Crippen molar-refractivity contribution in [3.63, 3.8) is 0 Å². The lowest BCUT2D eigenvalue weighted by molar-refractivity contribution is -0.117. The number of nitrogens with one attached hydrogen (secondary N) is 3. The molecule has 1 unspecified atom stereocenters. The maximum absolute atomic E-state index is 12.1. The molecule has 1 atom stereocenters. The van der Waals surface area contributed by atoms with E-state index in [0.717, 1.165) is 32.4 Å². The SMILES string of the molecule is CCCC(N)C(=O)Nc1ccc(NC(=O)NC2CCN(C)CC2)cc1. The largest absolute Gasteiger partial charge is 0.335 e. The first-order chi connectivity index (χ1) is 12.0. The second-order valence-corrected chi connectivity index (χ2v) is 6.64. The van der Waals surface area contributed by atoms with Gasteiger partial charge in [0.25, 0.3) is 0 Å². The summed E-state index contributed by atoms with van der Waals surface area (Å²) in [5, 5.41) is 8.60. The summed E-state index contributed by atoms with van der Waals surface area (Å²) in [5.41, 5.74) is 7.13. The number of urea groups is 1. The second-order valence-electron chi connectivity index (χ2n) is 6.64. The molecule has 1 saturated heterocycles. The lowest BCUT2D eigenvalue weighted by Crippen LogP contribution is -2.44. The third-order valence-corrected chi connectivity index (χ3v) is 4.40. The number of anilines is 2. The third-order valence-electron chi connectivity index (χ3n) is 4.40. The molecule has 0 radical (unpaired) electrons. The third kappa shape index (κ3) is 6.36. The van der Waals surface area contributed by atoms with Crippen LogP contribution in [-0.2, 0) is 4.79 Å². The van der Waals surface area contributed by atoms with Crippen molar-refractivity contribution in [3.05, 3.63) is 24.3 Å². The minimum Gasteiger partial charge on any atom is -0.335 e. The maximum atomic E-state index is 12.1. The predicted molar refractivity (Wildman–Crippen MR) is 101 cm³/mol. The van der Waals surface area contributed by atoms with Crippen LogP contribution in [-0.4, -0.2) is 49.1 Å². The fourth-order valence-electron chi connectivity index (χ4n) is 2.82. The summed E-state index contributed by atoms with van der Waals surface area (Å²) in [7, 11) is 2.09.